The van der Waals surface area contributed by atoms with E-state index in [9.17, 15) is 9.59 Å². The number of esters is 1. The predicted molar refractivity (Wildman–Crippen MR) is 162 cm³/mol. The number of halogens is 1. The van der Waals surface area contributed by atoms with Crippen molar-refractivity contribution in [3.8, 4) is 16.9 Å². The summed E-state index contributed by atoms with van der Waals surface area (Å²) in [5, 5.41) is 0. The van der Waals surface area contributed by atoms with Crippen LogP contribution in [0.25, 0.3) is 28.0 Å². The van der Waals surface area contributed by atoms with E-state index in [0.29, 0.717) is 23.9 Å². The van der Waals surface area contributed by atoms with Crippen LogP contribution in [0.3, 0.4) is 0 Å². The predicted octanol–water partition coefficient (Wildman–Crippen LogP) is 5.80. The van der Waals surface area contributed by atoms with E-state index in [-0.39, 0.29) is 18.2 Å². The normalized spacial score (nSPS) is 17.1. The standard InChI is InChI=1S/C31H33BrN4O5/c1-3-40-30(38)23-18-36(27(17-28(23)37)20-8-11-26(24(32)15-20)34-12-4-5-13-34)21-9-10-25-29(16-21)41-31(33-25)35-14-6-7-22(35)19-39-2/h8-11,15-18,22H,3-7,12-14,19H2,1-2H3. The van der Waals surface area contributed by atoms with Gasteiger partial charge in [-0.05, 0) is 78.4 Å². The molecule has 2 aliphatic heterocycles. The van der Waals surface area contributed by atoms with Gasteiger partial charge in [-0.3, -0.25) is 4.79 Å². The van der Waals surface area contributed by atoms with Crippen LogP contribution < -0.4 is 15.2 Å². The lowest BCUT2D eigenvalue weighted by molar-refractivity contribution is 0.0524. The third kappa shape index (κ3) is 5.38. The summed E-state index contributed by atoms with van der Waals surface area (Å²) in [4.78, 5) is 35.1. The number of ether oxygens (including phenoxy) is 2. The molecule has 2 aliphatic rings. The summed E-state index contributed by atoms with van der Waals surface area (Å²) in [6.45, 7) is 5.44. The van der Waals surface area contributed by atoms with Crippen LogP contribution in [0.5, 0.6) is 0 Å². The van der Waals surface area contributed by atoms with Crippen molar-refractivity contribution < 1.29 is 18.7 Å². The van der Waals surface area contributed by atoms with Crippen molar-refractivity contribution in [3.63, 3.8) is 0 Å². The van der Waals surface area contributed by atoms with Gasteiger partial charge in [-0.15, -0.1) is 0 Å². The molecule has 0 saturated carbocycles. The van der Waals surface area contributed by atoms with Gasteiger partial charge in [0, 0.05) is 55.2 Å². The van der Waals surface area contributed by atoms with Crippen molar-refractivity contribution in [1.29, 1.82) is 0 Å². The largest absolute Gasteiger partial charge is 0.462 e. The third-order valence-corrected chi connectivity index (χ3v) is 8.49. The van der Waals surface area contributed by atoms with Crippen LogP contribution in [0.4, 0.5) is 11.7 Å². The number of hydrogen-bond donors (Lipinski definition) is 0. The lowest BCUT2D eigenvalue weighted by Gasteiger charge is -2.21. The molecule has 1 atom stereocenters. The Morgan fingerprint density at radius 2 is 1.93 bits per heavy atom. The van der Waals surface area contributed by atoms with Gasteiger partial charge in [0.25, 0.3) is 6.01 Å². The summed E-state index contributed by atoms with van der Waals surface area (Å²) in [5.74, 6) is -0.649. The van der Waals surface area contributed by atoms with E-state index in [1.165, 1.54) is 18.9 Å². The highest BCUT2D eigenvalue weighted by Gasteiger charge is 2.28. The first-order valence-electron chi connectivity index (χ1n) is 14.1. The highest BCUT2D eigenvalue weighted by Crippen LogP contribution is 2.35. The zero-order valence-corrected chi connectivity index (χ0v) is 24.9. The molecule has 0 radical (unpaired) electrons. The molecule has 0 bridgehead atoms. The van der Waals surface area contributed by atoms with E-state index in [2.05, 4.69) is 31.8 Å². The van der Waals surface area contributed by atoms with Crippen LogP contribution in [0.15, 0.2) is 62.3 Å². The maximum Gasteiger partial charge on any atom is 0.343 e. The fourth-order valence-electron chi connectivity index (χ4n) is 5.84. The van der Waals surface area contributed by atoms with E-state index in [4.69, 9.17) is 18.9 Å². The number of carbonyl (C=O) groups is 1. The Balaban J connectivity index is 1.44. The van der Waals surface area contributed by atoms with Gasteiger partial charge < -0.3 is 28.3 Å². The Morgan fingerprint density at radius 1 is 1.10 bits per heavy atom. The summed E-state index contributed by atoms with van der Waals surface area (Å²) in [6.07, 6.45) is 6.01. The van der Waals surface area contributed by atoms with E-state index in [1.54, 1.807) is 20.2 Å². The van der Waals surface area contributed by atoms with Gasteiger partial charge in [-0.1, -0.05) is 6.07 Å². The van der Waals surface area contributed by atoms with E-state index in [1.807, 2.05) is 34.9 Å². The van der Waals surface area contributed by atoms with Crippen LogP contribution in [-0.4, -0.2) is 61.5 Å². The Hall–Kier alpha value is -3.63. The minimum Gasteiger partial charge on any atom is -0.462 e. The molecule has 2 fully saturated rings. The molecule has 9 nitrogen and oxygen atoms in total. The van der Waals surface area contributed by atoms with Crippen molar-refractivity contribution in [2.45, 2.75) is 38.6 Å². The SMILES string of the molecule is CCOC(=O)c1cn(-c2ccc3nc(N4CCCC4COC)oc3c2)c(-c2ccc(N3CCCC3)c(Br)c2)cc1=O. The molecule has 6 rings (SSSR count). The number of oxazole rings is 1. The van der Waals surface area contributed by atoms with Crippen LogP contribution in [0.1, 0.15) is 43.0 Å². The van der Waals surface area contributed by atoms with Gasteiger partial charge in [0.1, 0.15) is 11.1 Å². The molecule has 1 unspecified atom stereocenters. The zero-order valence-electron chi connectivity index (χ0n) is 23.3. The Bertz CT molecular complexity index is 1640. The fraction of sp³-hybridized carbons (Fsp3) is 0.387. The van der Waals surface area contributed by atoms with Crippen LogP contribution >= 0.6 is 15.9 Å². The minimum atomic E-state index is -0.649. The number of methoxy groups -OCH3 is 1. The smallest absolute Gasteiger partial charge is 0.343 e. The zero-order chi connectivity index (χ0) is 28.5. The van der Waals surface area contributed by atoms with Gasteiger partial charge in [0.2, 0.25) is 0 Å². The highest BCUT2D eigenvalue weighted by molar-refractivity contribution is 9.10. The summed E-state index contributed by atoms with van der Waals surface area (Å²) in [5.41, 5.74) is 4.28. The molecule has 0 N–H and O–H groups in total. The van der Waals surface area contributed by atoms with Crippen LogP contribution in [0, 0.1) is 0 Å². The van der Waals surface area contributed by atoms with E-state index in [0.717, 1.165) is 59.4 Å². The van der Waals surface area contributed by atoms with Crippen LogP contribution in [0.2, 0.25) is 0 Å². The molecule has 0 aliphatic carbocycles. The van der Waals surface area contributed by atoms with Crippen molar-refractivity contribution in [2.75, 3.05) is 49.8 Å². The topological polar surface area (TPSA) is 90.0 Å². The highest BCUT2D eigenvalue weighted by atomic mass is 79.9. The number of nitrogens with zero attached hydrogens (tertiary/aromatic N) is 4. The van der Waals surface area contributed by atoms with Gasteiger partial charge in [-0.2, -0.15) is 4.98 Å². The molecule has 10 heteroatoms. The second-order valence-electron chi connectivity index (χ2n) is 10.5. The molecular weight excluding hydrogens is 588 g/mol. The molecule has 2 aromatic heterocycles. The van der Waals surface area contributed by atoms with Crippen molar-refractivity contribution in [2.24, 2.45) is 0 Å². The summed E-state index contributed by atoms with van der Waals surface area (Å²) >= 11 is 3.76. The second kappa shape index (κ2) is 11.7. The first-order valence-corrected chi connectivity index (χ1v) is 14.9. The molecule has 4 aromatic rings. The molecule has 0 spiro atoms. The van der Waals surface area contributed by atoms with Gasteiger partial charge >= 0.3 is 5.97 Å². The quantitative estimate of drug-likeness (QED) is 0.228. The van der Waals surface area contributed by atoms with Gasteiger partial charge in [0.15, 0.2) is 11.0 Å². The average molecular weight is 622 g/mol. The van der Waals surface area contributed by atoms with Gasteiger partial charge in [-0.25, -0.2) is 4.79 Å². The molecule has 41 heavy (non-hydrogen) atoms. The number of fused-ring (bicyclic) bond motifs is 1. The lowest BCUT2D eigenvalue weighted by atomic mass is 10.1. The molecular formula is C31H33BrN4O5. The Kier molecular flexibility index (Phi) is 7.86. The second-order valence-corrected chi connectivity index (χ2v) is 11.3. The number of carbonyl (C=O) groups excluding carboxylic acids is 1. The van der Waals surface area contributed by atoms with Crippen molar-refractivity contribution in [1.82, 2.24) is 9.55 Å². The van der Waals surface area contributed by atoms with Crippen LogP contribution in [-0.2, 0) is 9.47 Å². The number of benzene rings is 2. The van der Waals surface area contributed by atoms with Crippen molar-refractivity contribution in [3.05, 3.63) is 68.9 Å². The van der Waals surface area contributed by atoms with E-state index < -0.39 is 11.4 Å². The monoisotopic (exact) mass is 620 g/mol. The number of aromatic nitrogens is 2. The average Bonchev–Trinajstić information content (AvgIpc) is 3.74. The Morgan fingerprint density at radius 3 is 2.68 bits per heavy atom. The maximum atomic E-state index is 13.1. The maximum absolute atomic E-state index is 13.1. The number of anilines is 2. The third-order valence-electron chi connectivity index (χ3n) is 7.86. The van der Waals surface area contributed by atoms with Gasteiger partial charge in [0.05, 0.1) is 30.6 Å². The Labute approximate surface area is 246 Å². The number of pyridine rings is 1. The molecule has 4 heterocycles. The first-order chi connectivity index (χ1) is 20.0. The first kappa shape index (κ1) is 27.5. The lowest BCUT2D eigenvalue weighted by Crippen LogP contribution is -2.32. The molecule has 0 amide bonds. The molecule has 214 valence electrons. The summed E-state index contributed by atoms with van der Waals surface area (Å²) < 4.78 is 19.6. The van der Waals surface area contributed by atoms with E-state index >= 15 is 0 Å². The molecule has 2 aromatic carbocycles. The molecule has 2 saturated heterocycles. The van der Waals surface area contributed by atoms with Crippen molar-refractivity contribution >= 4 is 44.7 Å². The number of rotatable bonds is 8. The number of hydrogen-bond acceptors (Lipinski definition) is 8. The minimum absolute atomic E-state index is 0.0267. The summed E-state index contributed by atoms with van der Waals surface area (Å²) in [6, 6.07) is 14.1. The fourth-order valence-corrected chi connectivity index (χ4v) is 6.47. The summed E-state index contributed by atoms with van der Waals surface area (Å²) in [7, 11) is 1.71.